The van der Waals surface area contributed by atoms with Crippen LogP contribution in [-0.2, 0) is 25.9 Å². The van der Waals surface area contributed by atoms with Crippen molar-refractivity contribution in [1.29, 1.82) is 0 Å². The van der Waals surface area contributed by atoms with Gasteiger partial charge in [0.2, 0.25) is 0 Å². The number of fused-ring (bicyclic) bond motifs is 1. The maximum atomic E-state index is 12.8. The van der Waals surface area contributed by atoms with E-state index in [1.165, 1.54) is 0 Å². The normalized spacial score (nSPS) is 14.0. The Morgan fingerprint density at radius 3 is 2.96 bits per heavy atom. The molecule has 1 aliphatic heterocycles. The number of carbonyl (C=O) groups excluding carboxylic acids is 1. The first-order valence-electron chi connectivity index (χ1n) is 9.41. The molecule has 0 aliphatic carbocycles. The van der Waals surface area contributed by atoms with Crippen molar-refractivity contribution in [2.45, 2.75) is 46.2 Å². The quantitative estimate of drug-likeness (QED) is 0.667. The van der Waals surface area contributed by atoms with Gasteiger partial charge >= 0.3 is 0 Å². The van der Waals surface area contributed by atoms with E-state index in [2.05, 4.69) is 23.9 Å². The molecule has 0 saturated heterocycles. The second-order valence-corrected chi connectivity index (χ2v) is 7.36. The molecule has 0 N–H and O–H groups in total. The largest absolute Gasteiger partial charge is 0.454 e. The van der Waals surface area contributed by atoms with Crippen molar-refractivity contribution in [3.8, 4) is 0 Å². The second-order valence-electron chi connectivity index (χ2n) is 7.36. The number of carbonyl (C=O) groups is 1. The number of oxazole rings is 1. The summed E-state index contributed by atoms with van der Waals surface area (Å²) >= 11 is 0. The lowest BCUT2D eigenvalue weighted by Gasteiger charge is -2.24. The van der Waals surface area contributed by atoms with E-state index in [0.717, 1.165) is 30.2 Å². The molecule has 0 unspecified atom stereocenters. The zero-order valence-corrected chi connectivity index (χ0v) is 15.7. The molecular formula is C20H24N4O3. The molecule has 3 aromatic rings. The molecule has 7 heteroatoms. The Hall–Kier alpha value is -2.83. The third-order valence-electron chi connectivity index (χ3n) is 4.74. The van der Waals surface area contributed by atoms with Crippen molar-refractivity contribution >= 4 is 5.91 Å². The highest BCUT2D eigenvalue weighted by Gasteiger charge is 2.27. The van der Waals surface area contributed by atoms with E-state index >= 15 is 0 Å². The summed E-state index contributed by atoms with van der Waals surface area (Å²) in [6.07, 6.45) is 6.16. The fourth-order valence-corrected chi connectivity index (χ4v) is 3.23. The topological polar surface area (TPSA) is 77.3 Å². The van der Waals surface area contributed by atoms with Gasteiger partial charge < -0.3 is 13.7 Å². The molecule has 142 valence electrons. The summed E-state index contributed by atoms with van der Waals surface area (Å²) in [6.45, 7) is 5.96. The minimum atomic E-state index is -0.112. The zero-order chi connectivity index (χ0) is 18.8. The Bertz CT molecular complexity index is 908. The molecule has 4 heterocycles. The van der Waals surface area contributed by atoms with Crippen LogP contribution in [0.5, 0.6) is 0 Å². The Morgan fingerprint density at radius 2 is 2.19 bits per heavy atom. The highest BCUT2D eigenvalue weighted by Crippen LogP contribution is 2.23. The third kappa shape index (κ3) is 3.97. The van der Waals surface area contributed by atoms with Crippen molar-refractivity contribution in [2.24, 2.45) is 5.92 Å². The van der Waals surface area contributed by atoms with Gasteiger partial charge in [-0.1, -0.05) is 13.8 Å². The van der Waals surface area contributed by atoms with Crippen LogP contribution in [0.1, 0.15) is 53.9 Å². The van der Waals surface area contributed by atoms with E-state index in [-0.39, 0.29) is 5.91 Å². The highest BCUT2D eigenvalue weighted by atomic mass is 16.4. The fraction of sp³-hybridized carbons (Fsp3) is 0.450. The number of hydrogen-bond donors (Lipinski definition) is 0. The van der Waals surface area contributed by atoms with E-state index in [9.17, 15) is 4.79 Å². The Labute approximate surface area is 158 Å². The van der Waals surface area contributed by atoms with Crippen LogP contribution in [0.2, 0.25) is 0 Å². The Morgan fingerprint density at radius 1 is 1.30 bits per heavy atom. The van der Waals surface area contributed by atoms with E-state index < -0.39 is 0 Å². The highest BCUT2D eigenvalue weighted by molar-refractivity contribution is 5.91. The van der Waals surface area contributed by atoms with Crippen LogP contribution in [0.15, 0.2) is 39.4 Å². The van der Waals surface area contributed by atoms with Crippen molar-refractivity contribution in [3.63, 3.8) is 0 Å². The molecule has 0 atom stereocenters. The van der Waals surface area contributed by atoms with Gasteiger partial charge in [0.15, 0.2) is 11.7 Å². The fourth-order valence-electron chi connectivity index (χ4n) is 3.23. The molecule has 27 heavy (non-hydrogen) atoms. The first-order chi connectivity index (χ1) is 13.1. The van der Waals surface area contributed by atoms with Crippen molar-refractivity contribution in [3.05, 3.63) is 59.5 Å². The molecule has 1 aliphatic rings. The van der Waals surface area contributed by atoms with Gasteiger partial charge in [0, 0.05) is 31.8 Å². The number of furan rings is 1. The SMILES string of the molecule is CC(C)CCc1nc2c(o1)CCN(C(=O)c1ccc(Cn3cccn3)o1)C2. The number of nitrogens with zero attached hydrogens (tertiary/aromatic N) is 4. The number of aryl methyl sites for hydroxylation is 1. The average Bonchev–Trinajstić information content (AvgIpc) is 3.39. The van der Waals surface area contributed by atoms with Gasteiger partial charge in [-0.25, -0.2) is 4.98 Å². The van der Waals surface area contributed by atoms with Gasteiger partial charge in [-0.15, -0.1) is 0 Å². The molecule has 4 rings (SSSR count). The monoisotopic (exact) mass is 368 g/mol. The number of aromatic nitrogens is 3. The minimum absolute atomic E-state index is 0.112. The molecule has 0 saturated carbocycles. The summed E-state index contributed by atoms with van der Waals surface area (Å²) in [7, 11) is 0. The lowest BCUT2D eigenvalue weighted by atomic mass is 10.1. The summed E-state index contributed by atoms with van der Waals surface area (Å²) in [4.78, 5) is 19.2. The molecule has 0 radical (unpaired) electrons. The van der Waals surface area contributed by atoms with Crippen LogP contribution in [0.4, 0.5) is 0 Å². The van der Waals surface area contributed by atoms with E-state index in [4.69, 9.17) is 8.83 Å². The van der Waals surface area contributed by atoms with E-state index in [1.807, 2.05) is 18.3 Å². The smallest absolute Gasteiger partial charge is 0.289 e. The van der Waals surface area contributed by atoms with Crippen LogP contribution in [0.25, 0.3) is 0 Å². The summed E-state index contributed by atoms with van der Waals surface area (Å²) in [6, 6.07) is 5.41. The minimum Gasteiger partial charge on any atom is -0.454 e. The van der Waals surface area contributed by atoms with Crippen LogP contribution in [-0.4, -0.2) is 32.1 Å². The molecular weight excluding hydrogens is 344 g/mol. The lowest BCUT2D eigenvalue weighted by Crippen LogP contribution is -2.35. The van der Waals surface area contributed by atoms with Crippen molar-refractivity contribution in [1.82, 2.24) is 19.7 Å². The first kappa shape index (κ1) is 17.6. The standard InChI is InChI=1S/C20H24N4O3/c1-14(2)4-7-19-22-16-13-23(11-8-17(16)27-19)20(25)18-6-5-15(26-18)12-24-10-3-9-21-24/h3,5-6,9-10,14H,4,7-8,11-13H2,1-2H3. The molecule has 0 fully saturated rings. The molecule has 0 aromatic carbocycles. The van der Waals surface area contributed by atoms with E-state index in [0.29, 0.717) is 43.5 Å². The Kier molecular flexibility index (Phi) is 4.83. The van der Waals surface area contributed by atoms with Gasteiger partial charge in [-0.2, -0.15) is 5.10 Å². The molecule has 3 aromatic heterocycles. The van der Waals surface area contributed by atoms with Crippen LogP contribution >= 0.6 is 0 Å². The average molecular weight is 368 g/mol. The predicted molar refractivity (Wildman–Crippen MR) is 98.1 cm³/mol. The summed E-state index contributed by atoms with van der Waals surface area (Å²) < 4.78 is 13.4. The van der Waals surface area contributed by atoms with E-state index in [1.54, 1.807) is 21.8 Å². The zero-order valence-electron chi connectivity index (χ0n) is 15.7. The molecule has 7 nitrogen and oxygen atoms in total. The van der Waals surface area contributed by atoms with Gasteiger partial charge in [0.05, 0.1) is 13.1 Å². The van der Waals surface area contributed by atoms with Crippen LogP contribution < -0.4 is 0 Å². The number of amides is 1. The van der Waals surface area contributed by atoms with Gasteiger partial charge in [0.1, 0.15) is 17.2 Å². The number of hydrogen-bond acceptors (Lipinski definition) is 5. The second kappa shape index (κ2) is 7.42. The van der Waals surface area contributed by atoms with Gasteiger partial charge in [-0.05, 0) is 30.5 Å². The molecule has 0 spiro atoms. The summed E-state index contributed by atoms with van der Waals surface area (Å²) in [5.41, 5.74) is 0.872. The van der Waals surface area contributed by atoms with Gasteiger partial charge in [0.25, 0.3) is 5.91 Å². The maximum absolute atomic E-state index is 12.8. The Balaban J connectivity index is 1.41. The van der Waals surface area contributed by atoms with Gasteiger partial charge in [-0.3, -0.25) is 9.48 Å². The van der Waals surface area contributed by atoms with Crippen molar-refractivity contribution < 1.29 is 13.6 Å². The maximum Gasteiger partial charge on any atom is 0.289 e. The predicted octanol–water partition coefficient (Wildman–Crippen LogP) is 3.30. The molecule has 1 amide bonds. The summed E-state index contributed by atoms with van der Waals surface area (Å²) in [5.74, 6) is 3.25. The van der Waals surface area contributed by atoms with Crippen LogP contribution in [0.3, 0.4) is 0 Å². The third-order valence-corrected chi connectivity index (χ3v) is 4.74. The first-order valence-corrected chi connectivity index (χ1v) is 9.41. The van der Waals surface area contributed by atoms with Crippen molar-refractivity contribution in [2.75, 3.05) is 6.54 Å². The van der Waals surface area contributed by atoms with Crippen LogP contribution in [0, 0.1) is 5.92 Å². The lowest BCUT2D eigenvalue weighted by molar-refractivity contribution is 0.0693. The summed E-state index contributed by atoms with van der Waals surface area (Å²) in [5, 5.41) is 4.15. The number of rotatable bonds is 6. The molecule has 0 bridgehead atoms.